The van der Waals surface area contributed by atoms with Gasteiger partial charge in [0.05, 0.1) is 31.0 Å². The molecule has 1 aliphatic heterocycles. The van der Waals surface area contributed by atoms with Gasteiger partial charge in [-0.05, 0) is 53.4 Å². The van der Waals surface area contributed by atoms with Gasteiger partial charge in [-0.25, -0.2) is 4.79 Å². The lowest BCUT2D eigenvalue weighted by Crippen LogP contribution is -2.59. The quantitative estimate of drug-likeness (QED) is 0.121. The van der Waals surface area contributed by atoms with Gasteiger partial charge in [-0.3, -0.25) is 9.59 Å². The van der Waals surface area contributed by atoms with Crippen LogP contribution >= 0.6 is 0 Å². The van der Waals surface area contributed by atoms with Gasteiger partial charge in [-0.2, -0.15) is 0 Å². The number of epoxide rings is 1. The van der Waals surface area contributed by atoms with Crippen molar-refractivity contribution in [3.8, 4) is 0 Å². The molecule has 2 rings (SSSR count). The Kier molecular flexibility index (Phi) is 13.7. The van der Waals surface area contributed by atoms with Gasteiger partial charge in [-0.1, -0.05) is 24.5 Å². The van der Waals surface area contributed by atoms with Crippen LogP contribution in [0.15, 0.2) is 11.6 Å². The molecule has 11 heteroatoms. The molecule has 1 saturated carbocycles. The molecule has 11 nitrogen and oxygen atoms in total. The highest BCUT2D eigenvalue weighted by Crippen LogP contribution is 2.52. The molecule has 2 fully saturated rings. The number of ether oxygens (including phenoxy) is 4. The number of nitrogens with two attached hydrogens (primary N) is 1. The van der Waals surface area contributed by atoms with Gasteiger partial charge in [0.1, 0.15) is 12.2 Å². The minimum absolute atomic E-state index is 0.00824. The van der Waals surface area contributed by atoms with Crippen LogP contribution in [0.25, 0.3) is 0 Å². The van der Waals surface area contributed by atoms with E-state index < -0.39 is 17.8 Å². The second-order valence-electron chi connectivity index (χ2n) is 11.2. The average molecular weight is 555 g/mol. The first-order chi connectivity index (χ1) is 18.5. The van der Waals surface area contributed by atoms with Gasteiger partial charge in [-0.15, -0.1) is 0 Å². The summed E-state index contributed by atoms with van der Waals surface area (Å²) in [6.07, 6.45) is 5.86. The van der Waals surface area contributed by atoms with Crippen LogP contribution in [-0.2, 0) is 28.5 Å². The van der Waals surface area contributed by atoms with Crippen molar-refractivity contribution in [1.82, 2.24) is 16.0 Å². The molecule has 0 aromatic carbocycles. The number of alkyl carbamates (subject to hydrolysis) is 1. The third kappa shape index (κ3) is 11.1. The molecule has 1 saturated heterocycles. The van der Waals surface area contributed by atoms with Crippen LogP contribution in [0.3, 0.4) is 0 Å². The lowest BCUT2D eigenvalue weighted by molar-refractivity contribution is -0.172. The normalized spacial score (nSPS) is 24.1. The number of rotatable bonds is 17. The standard InChI is InChI=1S/C28H50N4O7/c1-20(2)12-17-37-27(3,4)25-24(36-5)21(10-13-28(25)19-38-28)39-26(35)32-16-11-22(33)30-14-8-6-7-9-15-31-23(34)18-29/h12,21,24-25H,6-11,13-19,29H2,1-5H3,(H,30,33)(H,31,34)(H,32,35)/t21?,24?,25?,28-/m0/s1. The number of carbonyl (C=O) groups excluding carboxylic acids is 3. The Bertz CT molecular complexity index is 825. The smallest absolute Gasteiger partial charge is 0.407 e. The van der Waals surface area contributed by atoms with Gasteiger partial charge in [0.25, 0.3) is 0 Å². The van der Waals surface area contributed by atoms with Crippen LogP contribution in [-0.4, -0.2) is 87.8 Å². The molecule has 1 aliphatic carbocycles. The van der Waals surface area contributed by atoms with E-state index >= 15 is 0 Å². The topological polar surface area (TPSA) is 154 Å². The maximum Gasteiger partial charge on any atom is 0.407 e. The lowest BCUT2D eigenvalue weighted by Gasteiger charge is -2.47. The Morgan fingerprint density at radius 2 is 1.67 bits per heavy atom. The minimum atomic E-state index is -0.564. The number of carbonyl (C=O) groups is 3. The Labute approximate surface area is 233 Å². The zero-order valence-corrected chi connectivity index (χ0v) is 24.4. The van der Waals surface area contributed by atoms with Gasteiger partial charge < -0.3 is 40.6 Å². The Balaban J connectivity index is 1.70. The summed E-state index contributed by atoms with van der Waals surface area (Å²) in [7, 11) is 1.63. The van der Waals surface area contributed by atoms with Crippen LogP contribution in [0.5, 0.6) is 0 Å². The number of hydrogen-bond acceptors (Lipinski definition) is 8. The van der Waals surface area contributed by atoms with E-state index in [2.05, 4.69) is 16.0 Å². The summed E-state index contributed by atoms with van der Waals surface area (Å²) in [4.78, 5) is 35.7. The molecule has 0 aromatic rings. The maximum atomic E-state index is 12.6. The Morgan fingerprint density at radius 1 is 1.03 bits per heavy atom. The van der Waals surface area contributed by atoms with Gasteiger partial charge in [0.15, 0.2) is 0 Å². The van der Waals surface area contributed by atoms with E-state index in [1.807, 2.05) is 33.8 Å². The molecule has 1 heterocycles. The molecule has 3 unspecified atom stereocenters. The number of nitrogens with one attached hydrogen (secondary N) is 3. The average Bonchev–Trinajstić information content (AvgIpc) is 3.65. The first-order valence-corrected chi connectivity index (χ1v) is 14.2. The van der Waals surface area contributed by atoms with Crippen molar-refractivity contribution in [2.45, 2.75) is 96.1 Å². The summed E-state index contributed by atoms with van der Waals surface area (Å²) in [6, 6.07) is 0. The van der Waals surface area contributed by atoms with Crippen LogP contribution in [0, 0.1) is 5.92 Å². The van der Waals surface area contributed by atoms with E-state index in [0.29, 0.717) is 32.7 Å². The second kappa shape index (κ2) is 16.2. The molecule has 2 aliphatic rings. The third-order valence-electron chi connectivity index (χ3n) is 7.41. The zero-order valence-electron chi connectivity index (χ0n) is 24.4. The molecular formula is C28H50N4O7. The molecule has 0 radical (unpaired) electrons. The summed E-state index contributed by atoms with van der Waals surface area (Å²) in [5.74, 6) is -0.379. The summed E-state index contributed by atoms with van der Waals surface area (Å²) in [5, 5.41) is 8.29. The molecule has 3 amide bonds. The predicted octanol–water partition coefficient (Wildman–Crippen LogP) is 2.18. The van der Waals surface area contributed by atoms with Crippen LogP contribution in [0.4, 0.5) is 4.79 Å². The largest absolute Gasteiger partial charge is 0.443 e. The molecule has 4 atom stereocenters. The van der Waals surface area contributed by atoms with Crippen molar-refractivity contribution in [3.63, 3.8) is 0 Å². The summed E-state index contributed by atoms with van der Waals surface area (Å²) in [5.41, 5.74) is 5.55. The fourth-order valence-corrected chi connectivity index (χ4v) is 5.27. The monoisotopic (exact) mass is 554 g/mol. The zero-order chi connectivity index (χ0) is 28.9. The van der Waals surface area contributed by atoms with E-state index in [1.165, 1.54) is 5.57 Å². The van der Waals surface area contributed by atoms with Crippen molar-refractivity contribution >= 4 is 17.9 Å². The maximum absolute atomic E-state index is 12.6. The van der Waals surface area contributed by atoms with Crippen LogP contribution in [0.2, 0.25) is 0 Å². The van der Waals surface area contributed by atoms with Gasteiger partial charge in [0, 0.05) is 39.1 Å². The molecule has 1 spiro atoms. The van der Waals surface area contributed by atoms with Crippen molar-refractivity contribution in [2.24, 2.45) is 11.7 Å². The first kappa shape index (κ1) is 33.0. The van der Waals surface area contributed by atoms with E-state index in [1.54, 1.807) is 7.11 Å². The lowest BCUT2D eigenvalue weighted by atomic mass is 9.68. The second-order valence-corrected chi connectivity index (χ2v) is 11.2. The van der Waals surface area contributed by atoms with E-state index in [9.17, 15) is 14.4 Å². The molecular weight excluding hydrogens is 504 g/mol. The van der Waals surface area contributed by atoms with Crippen molar-refractivity contribution < 1.29 is 33.3 Å². The number of allylic oxidation sites excluding steroid dienone is 1. The minimum Gasteiger partial charge on any atom is -0.443 e. The number of hydrogen-bond donors (Lipinski definition) is 4. The number of amides is 3. The third-order valence-corrected chi connectivity index (χ3v) is 7.41. The molecule has 0 bridgehead atoms. The van der Waals surface area contributed by atoms with Gasteiger partial charge in [0.2, 0.25) is 11.8 Å². The highest BCUT2D eigenvalue weighted by Gasteiger charge is 2.64. The summed E-state index contributed by atoms with van der Waals surface area (Å²) < 4.78 is 23.8. The SMILES string of the molecule is COC1C(OC(=O)NCCC(=O)NCCCCCCNC(=O)CN)CC[C@]2(CO2)C1C(C)(C)OCC=C(C)C. The predicted molar refractivity (Wildman–Crippen MR) is 148 cm³/mol. The van der Waals surface area contributed by atoms with E-state index in [-0.39, 0.29) is 48.9 Å². The van der Waals surface area contributed by atoms with Crippen molar-refractivity contribution in [2.75, 3.05) is 46.5 Å². The first-order valence-electron chi connectivity index (χ1n) is 14.2. The molecule has 224 valence electrons. The van der Waals surface area contributed by atoms with E-state index in [4.69, 9.17) is 24.7 Å². The van der Waals surface area contributed by atoms with E-state index in [0.717, 1.165) is 32.1 Å². The highest BCUT2D eigenvalue weighted by molar-refractivity contribution is 5.77. The Morgan fingerprint density at radius 3 is 2.23 bits per heavy atom. The molecule has 39 heavy (non-hydrogen) atoms. The van der Waals surface area contributed by atoms with Crippen molar-refractivity contribution in [1.29, 1.82) is 0 Å². The summed E-state index contributed by atoms with van der Waals surface area (Å²) >= 11 is 0. The fourth-order valence-electron chi connectivity index (χ4n) is 5.27. The van der Waals surface area contributed by atoms with Crippen molar-refractivity contribution in [3.05, 3.63) is 11.6 Å². The molecule has 0 aromatic heterocycles. The number of unbranched alkanes of at least 4 members (excludes halogenated alkanes) is 3. The Hall–Kier alpha value is -2.21. The number of methoxy groups -OCH3 is 1. The van der Waals surface area contributed by atoms with Crippen LogP contribution < -0.4 is 21.7 Å². The summed E-state index contributed by atoms with van der Waals surface area (Å²) in [6.45, 7) is 10.7. The van der Waals surface area contributed by atoms with Crippen LogP contribution in [0.1, 0.15) is 72.6 Å². The fraction of sp³-hybridized carbons (Fsp3) is 0.821. The highest BCUT2D eigenvalue weighted by atomic mass is 16.6. The van der Waals surface area contributed by atoms with Gasteiger partial charge >= 0.3 is 6.09 Å². The molecule has 5 N–H and O–H groups in total.